The molecular formula is C17H18O3. The van der Waals surface area contributed by atoms with Gasteiger partial charge < -0.3 is 9.84 Å². The second-order valence-electron chi connectivity index (χ2n) is 4.74. The lowest BCUT2D eigenvalue weighted by atomic mass is 10.1. The highest BCUT2D eigenvalue weighted by Gasteiger charge is 2.06. The number of aryl methyl sites for hydroxylation is 2. The van der Waals surface area contributed by atoms with Crippen molar-refractivity contribution in [3.8, 4) is 5.75 Å². The van der Waals surface area contributed by atoms with E-state index in [1.54, 1.807) is 12.1 Å². The molecule has 0 fully saturated rings. The van der Waals surface area contributed by atoms with Gasteiger partial charge in [-0.2, -0.15) is 0 Å². The molecular weight excluding hydrogens is 252 g/mol. The number of carboxylic acids is 1. The van der Waals surface area contributed by atoms with Gasteiger partial charge in [0.2, 0.25) is 0 Å². The van der Waals surface area contributed by atoms with Crippen molar-refractivity contribution in [1.29, 1.82) is 0 Å². The normalized spacial score (nSPS) is 10.3. The molecule has 3 nitrogen and oxygen atoms in total. The smallest absolute Gasteiger partial charge is 0.335 e. The minimum Gasteiger partial charge on any atom is -0.489 e. The van der Waals surface area contributed by atoms with Gasteiger partial charge >= 0.3 is 5.97 Å². The van der Waals surface area contributed by atoms with Gasteiger partial charge in [-0.1, -0.05) is 25.1 Å². The summed E-state index contributed by atoms with van der Waals surface area (Å²) in [6, 6.07) is 13.1. The number of rotatable bonds is 5. The Labute approximate surface area is 118 Å². The van der Waals surface area contributed by atoms with Gasteiger partial charge in [-0.25, -0.2) is 4.79 Å². The molecule has 3 heteroatoms. The number of hydrogen-bond donors (Lipinski definition) is 1. The van der Waals surface area contributed by atoms with Crippen LogP contribution >= 0.6 is 0 Å². The van der Waals surface area contributed by atoms with E-state index in [9.17, 15) is 4.79 Å². The molecule has 0 atom stereocenters. The fourth-order valence-electron chi connectivity index (χ4n) is 2.01. The standard InChI is InChI=1S/C17H18O3/c1-3-13-5-4-6-16(10-13)20-11-15-8-7-14(17(18)19)9-12(15)2/h4-10H,3,11H2,1-2H3,(H,18,19). The lowest BCUT2D eigenvalue weighted by Gasteiger charge is -2.10. The molecule has 0 saturated carbocycles. The average Bonchev–Trinajstić information content (AvgIpc) is 2.46. The number of ether oxygens (including phenoxy) is 1. The van der Waals surface area contributed by atoms with Crippen molar-refractivity contribution in [1.82, 2.24) is 0 Å². The zero-order valence-electron chi connectivity index (χ0n) is 11.7. The Bertz CT molecular complexity index is 617. The van der Waals surface area contributed by atoms with Crippen LogP contribution in [0.3, 0.4) is 0 Å². The number of hydrogen-bond acceptors (Lipinski definition) is 2. The fraction of sp³-hybridized carbons (Fsp3) is 0.235. The van der Waals surface area contributed by atoms with E-state index in [-0.39, 0.29) is 0 Å². The Balaban J connectivity index is 2.08. The minimum atomic E-state index is -0.906. The van der Waals surface area contributed by atoms with Crippen molar-refractivity contribution in [3.63, 3.8) is 0 Å². The monoisotopic (exact) mass is 270 g/mol. The summed E-state index contributed by atoms with van der Waals surface area (Å²) >= 11 is 0. The van der Waals surface area contributed by atoms with Crippen molar-refractivity contribution in [3.05, 3.63) is 64.7 Å². The molecule has 0 unspecified atom stereocenters. The van der Waals surface area contributed by atoms with E-state index in [1.165, 1.54) is 5.56 Å². The maximum absolute atomic E-state index is 10.9. The zero-order chi connectivity index (χ0) is 14.5. The van der Waals surface area contributed by atoms with Crippen LogP contribution in [0.15, 0.2) is 42.5 Å². The first-order valence-electron chi connectivity index (χ1n) is 6.64. The SMILES string of the molecule is CCc1cccc(OCc2ccc(C(=O)O)cc2C)c1. The first-order valence-corrected chi connectivity index (χ1v) is 6.64. The summed E-state index contributed by atoms with van der Waals surface area (Å²) in [6.45, 7) is 4.44. The highest BCUT2D eigenvalue weighted by molar-refractivity contribution is 5.87. The van der Waals surface area contributed by atoms with Crippen LogP contribution in [-0.4, -0.2) is 11.1 Å². The largest absolute Gasteiger partial charge is 0.489 e. The van der Waals surface area contributed by atoms with Crippen molar-refractivity contribution in [2.24, 2.45) is 0 Å². The molecule has 0 bridgehead atoms. The molecule has 20 heavy (non-hydrogen) atoms. The summed E-state index contributed by atoms with van der Waals surface area (Å²) in [4.78, 5) is 10.9. The third kappa shape index (κ3) is 3.38. The average molecular weight is 270 g/mol. The van der Waals surface area contributed by atoms with E-state index >= 15 is 0 Å². The van der Waals surface area contributed by atoms with E-state index < -0.39 is 5.97 Å². The van der Waals surface area contributed by atoms with Crippen LogP contribution in [0.25, 0.3) is 0 Å². The third-order valence-electron chi connectivity index (χ3n) is 3.29. The Morgan fingerprint density at radius 3 is 2.65 bits per heavy atom. The van der Waals surface area contributed by atoms with Crippen LogP contribution in [0.4, 0.5) is 0 Å². The molecule has 2 aromatic rings. The van der Waals surface area contributed by atoms with E-state index in [1.807, 2.05) is 31.2 Å². The Kier molecular flexibility index (Phi) is 4.41. The second-order valence-corrected chi connectivity index (χ2v) is 4.74. The highest BCUT2D eigenvalue weighted by atomic mass is 16.5. The third-order valence-corrected chi connectivity index (χ3v) is 3.29. The predicted molar refractivity (Wildman–Crippen MR) is 78.3 cm³/mol. The van der Waals surface area contributed by atoms with Crippen LogP contribution < -0.4 is 4.74 Å². The van der Waals surface area contributed by atoms with Crippen LogP contribution in [0.2, 0.25) is 0 Å². The molecule has 0 radical (unpaired) electrons. The Morgan fingerprint density at radius 2 is 2.00 bits per heavy atom. The molecule has 2 aromatic carbocycles. The van der Waals surface area contributed by atoms with Crippen molar-refractivity contribution in [2.75, 3.05) is 0 Å². The summed E-state index contributed by atoms with van der Waals surface area (Å²) in [7, 11) is 0. The van der Waals surface area contributed by atoms with E-state index in [4.69, 9.17) is 9.84 Å². The van der Waals surface area contributed by atoms with Gasteiger partial charge in [0.05, 0.1) is 5.56 Å². The van der Waals surface area contributed by atoms with Crippen molar-refractivity contribution < 1.29 is 14.6 Å². The van der Waals surface area contributed by atoms with Gasteiger partial charge in [0, 0.05) is 0 Å². The van der Waals surface area contributed by atoms with E-state index in [0.717, 1.165) is 23.3 Å². The minimum absolute atomic E-state index is 0.305. The van der Waals surface area contributed by atoms with Gasteiger partial charge in [0.25, 0.3) is 0 Å². The summed E-state index contributed by atoms with van der Waals surface area (Å²) in [5, 5.41) is 8.93. The second kappa shape index (κ2) is 6.24. The predicted octanol–water partition coefficient (Wildman–Crippen LogP) is 3.83. The molecule has 0 heterocycles. The molecule has 2 rings (SSSR count). The summed E-state index contributed by atoms with van der Waals surface area (Å²) in [5.74, 6) is -0.0673. The molecule has 0 aromatic heterocycles. The van der Waals surface area contributed by atoms with E-state index in [2.05, 4.69) is 13.0 Å². The molecule has 104 valence electrons. The maximum atomic E-state index is 10.9. The lowest BCUT2D eigenvalue weighted by Crippen LogP contribution is -2.02. The van der Waals surface area contributed by atoms with Gasteiger partial charge in [-0.3, -0.25) is 0 Å². The first kappa shape index (κ1) is 14.1. The highest BCUT2D eigenvalue weighted by Crippen LogP contribution is 2.17. The van der Waals surface area contributed by atoms with Crippen molar-refractivity contribution >= 4 is 5.97 Å². The molecule has 0 amide bonds. The van der Waals surface area contributed by atoms with Crippen LogP contribution in [0, 0.1) is 6.92 Å². The fourth-order valence-corrected chi connectivity index (χ4v) is 2.01. The quantitative estimate of drug-likeness (QED) is 0.898. The number of benzene rings is 2. The molecule has 0 aliphatic heterocycles. The molecule has 0 aliphatic rings. The number of carboxylic acid groups (broad SMARTS) is 1. The summed E-state index contributed by atoms with van der Waals surface area (Å²) < 4.78 is 5.77. The first-order chi connectivity index (χ1) is 9.60. The summed E-state index contributed by atoms with van der Waals surface area (Å²) in [5.41, 5.74) is 3.47. The molecule has 0 aliphatic carbocycles. The molecule has 0 spiro atoms. The molecule has 0 saturated heterocycles. The number of aromatic carboxylic acids is 1. The van der Waals surface area contributed by atoms with Crippen LogP contribution in [0.1, 0.15) is 34.0 Å². The Hall–Kier alpha value is -2.29. The summed E-state index contributed by atoms with van der Waals surface area (Å²) in [6.07, 6.45) is 0.976. The van der Waals surface area contributed by atoms with Gasteiger partial charge in [-0.05, 0) is 54.3 Å². The number of carbonyl (C=O) groups is 1. The van der Waals surface area contributed by atoms with Gasteiger partial charge in [0.1, 0.15) is 12.4 Å². The van der Waals surface area contributed by atoms with Gasteiger partial charge in [-0.15, -0.1) is 0 Å². The Morgan fingerprint density at radius 1 is 1.20 bits per heavy atom. The maximum Gasteiger partial charge on any atom is 0.335 e. The van der Waals surface area contributed by atoms with E-state index in [0.29, 0.717) is 12.2 Å². The van der Waals surface area contributed by atoms with Gasteiger partial charge in [0.15, 0.2) is 0 Å². The van der Waals surface area contributed by atoms with Crippen LogP contribution in [0.5, 0.6) is 5.75 Å². The zero-order valence-corrected chi connectivity index (χ0v) is 11.7. The van der Waals surface area contributed by atoms with Crippen molar-refractivity contribution in [2.45, 2.75) is 26.9 Å². The van der Waals surface area contributed by atoms with Crippen LogP contribution in [-0.2, 0) is 13.0 Å². The topological polar surface area (TPSA) is 46.5 Å². The molecule has 1 N–H and O–H groups in total. The lowest BCUT2D eigenvalue weighted by molar-refractivity contribution is 0.0696.